The average molecular weight is 573 g/mol. The van der Waals surface area contributed by atoms with Crippen molar-refractivity contribution in [2.75, 3.05) is 18.4 Å². The first-order valence-electron chi connectivity index (χ1n) is 13.7. The van der Waals surface area contributed by atoms with Gasteiger partial charge < -0.3 is 32.1 Å². The van der Waals surface area contributed by atoms with E-state index in [1.807, 2.05) is 0 Å². The molecule has 41 heavy (non-hydrogen) atoms. The zero-order valence-corrected chi connectivity index (χ0v) is 23.5. The molecule has 13 nitrogen and oxygen atoms in total. The lowest BCUT2D eigenvalue weighted by atomic mass is 10.0. The van der Waals surface area contributed by atoms with Crippen LogP contribution < -0.4 is 27.0 Å². The smallest absolute Gasteiger partial charge is 0.312 e. The number of primary amides is 1. The van der Waals surface area contributed by atoms with Gasteiger partial charge in [0.2, 0.25) is 17.7 Å². The monoisotopic (exact) mass is 572 g/mol. The van der Waals surface area contributed by atoms with Crippen LogP contribution in [0.15, 0.2) is 36.4 Å². The molecule has 1 heterocycles. The Kier molecular flexibility index (Phi) is 13.5. The first-order valence-corrected chi connectivity index (χ1v) is 13.7. The number of carbonyl (C=O) groups is 6. The molecule has 224 valence electrons. The van der Waals surface area contributed by atoms with Gasteiger partial charge in [-0.3, -0.25) is 28.9 Å². The van der Waals surface area contributed by atoms with Gasteiger partial charge in [0.05, 0.1) is 6.61 Å². The second-order valence-corrected chi connectivity index (χ2v) is 10.1. The van der Waals surface area contributed by atoms with Crippen LogP contribution in [0.4, 0.5) is 10.5 Å². The molecule has 0 radical (unpaired) electrons. The molecule has 13 heteroatoms. The van der Waals surface area contributed by atoms with Crippen LogP contribution in [-0.2, 0) is 30.6 Å². The molecule has 2 atom stereocenters. The van der Waals surface area contributed by atoms with Crippen molar-refractivity contribution in [3.05, 3.63) is 42.0 Å². The highest BCUT2D eigenvalue weighted by Gasteiger charge is 2.29. The number of aliphatic hydroxyl groups excluding tert-OH is 1. The van der Waals surface area contributed by atoms with Gasteiger partial charge in [-0.05, 0) is 49.3 Å². The Morgan fingerprint density at radius 1 is 0.902 bits per heavy atom. The van der Waals surface area contributed by atoms with Crippen molar-refractivity contribution in [2.45, 2.75) is 71.1 Å². The largest absolute Gasteiger partial charge is 0.392 e. The molecule has 0 aliphatic carbocycles. The third-order valence-electron chi connectivity index (χ3n) is 6.46. The van der Waals surface area contributed by atoms with Gasteiger partial charge in [-0.2, -0.15) is 0 Å². The van der Waals surface area contributed by atoms with Crippen LogP contribution in [0, 0.1) is 5.92 Å². The molecule has 2 unspecified atom stereocenters. The number of hydrogen-bond acceptors (Lipinski definition) is 7. The highest BCUT2D eigenvalue weighted by molar-refractivity contribution is 6.12. The standard InChI is InChI=1S/C28H40N6O7/c1-18(2)25(33-22(36)8-4-3-5-16-34-23(37)13-14-24(34)38)27(40)32-21(7-6-15-30-28(29)41)26(39)31-20-11-9-19(17-35)10-12-20/h9-14,18,21,25,35H,3-8,15-17H2,1-2H3,(H,31,39)(H,32,40)(H,33,36)(H3,29,30,41). The fourth-order valence-corrected chi connectivity index (χ4v) is 4.14. The molecule has 7 N–H and O–H groups in total. The number of benzene rings is 1. The summed E-state index contributed by atoms with van der Waals surface area (Å²) in [6.07, 6.45) is 4.85. The highest BCUT2D eigenvalue weighted by atomic mass is 16.3. The Hall–Kier alpha value is -4.26. The maximum absolute atomic E-state index is 13.2. The summed E-state index contributed by atoms with van der Waals surface area (Å²) in [6.45, 7) is 3.91. The predicted octanol–water partition coefficient (Wildman–Crippen LogP) is 0.677. The Balaban J connectivity index is 1.92. The van der Waals surface area contributed by atoms with E-state index in [1.165, 1.54) is 12.2 Å². The number of rotatable bonds is 17. The minimum Gasteiger partial charge on any atom is -0.392 e. The molecule has 1 aromatic carbocycles. The van der Waals surface area contributed by atoms with Crippen molar-refractivity contribution < 1.29 is 33.9 Å². The van der Waals surface area contributed by atoms with Crippen LogP contribution in [0.3, 0.4) is 0 Å². The van der Waals surface area contributed by atoms with Crippen LogP contribution >= 0.6 is 0 Å². The fraction of sp³-hybridized carbons (Fsp3) is 0.500. The fourth-order valence-electron chi connectivity index (χ4n) is 4.14. The van der Waals surface area contributed by atoms with Crippen molar-refractivity contribution in [3.63, 3.8) is 0 Å². The highest BCUT2D eigenvalue weighted by Crippen LogP contribution is 2.12. The topological polar surface area (TPSA) is 200 Å². The molecule has 0 aromatic heterocycles. The van der Waals surface area contributed by atoms with E-state index < -0.39 is 29.9 Å². The van der Waals surface area contributed by atoms with Crippen LogP contribution in [0.2, 0.25) is 0 Å². The second-order valence-electron chi connectivity index (χ2n) is 10.1. The number of hydrogen-bond donors (Lipinski definition) is 6. The number of amides is 7. The minimum absolute atomic E-state index is 0.138. The van der Waals surface area contributed by atoms with Gasteiger partial charge in [0.1, 0.15) is 12.1 Å². The van der Waals surface area contributed by atoms with Crippen LogP contribution in [0.5, 0.6) is 0 Å². The van der Waals surface area contributed by atoms with E-state index in [4.69, 9.17) is 5.73 Å². The van der Waals surface area contributed by atoms with Crippen molar-refractivity contribution in [1.82, 2.24) is 20.9 Å². The lowest BCUT2D eigenvalue weighted by Gasteiger charge is -2.25. The molecule has 0 spiro atoms. The van der Waals surface area contributed by atoms with E-state index in [0.717, 1.165) is 4.90 Å². The van der Waals surface area contributed by atoms with Crippen molar-refractivity contribution >= 4 is 41.3 Å². The summed E-state index contributed by atoms with van der Waals surface area (Å²) in [4.78, 5) is 74.2. The number of unbranched alkanes of at least 4 members (excludes halogenated alkanes) is 2. The molecule has 1 aromatic rings. The lowest BCUT2D eigenvalue weighted by molar-refractivity contribution is -0.137. The third kappa shape index (κ3) is 11.4. The van der Waals surface area contributed by atoms with E-state index >= 15 is 0 Å². The Labute approximate surface area is 239 Å². The second kappa shape index (κ2) is 16.8. The maximum Gasteiger partial charge on any atom is 0.312 e. The van der Waals surface area contributed by atoms with Gasteiger partial charge in [0.15, 0.2) is 0 Å². The molecule has 0 saturated heterocycles. The normalized spacial score (nSPS) is 14.1. The number of nitrogens with one attached hydrogen (secondary N) is 4. The summed E-state index contributed by atoms with van der Waals surface area (Å²) in [5, 5.41) is 19.9. The third-order valence-corrected chi connectivity index (χ3v) is 6.46. The Morgan fingerprint density at radius 3 is 2.15 bits per heavy atom. The summed E-state index contributed by atoms with van der Waals surface area (Å²) in [5.41, 5.74) is 6.25. The van der Waals surface area contributed by atoms with E-state index in [2.05, 4.69) is 21.3 Å². The molecule has 0 saturated carbocycles. The van der Waals surface area contributed by atoms with Gasteiger partial charge in [0, 0.05) is 37.3 Å². The number of carbonyl (C=O) groups excluding carboxylic acids is 6. The first kappa shape index (κ1) is 32.9. The number of imide groups is 1. The van der Waals surface area contributed by atoms with Crippen LogP contribution in [0.25, 0.3) is 0 Å². The molecular weight excluding hydrogens is 532 g/mol. The zero-order valence-electron chi connectivity index (χ0n) is 23.5. The van der Waals surface area contributed by atoms with E-state index in [0.29, 0.717) is 36.9 Å². The Bertz CT molecular complexity index is 1100. The summed E-state index contributed by atoms with van der Waals surface area (Å²) < 4.78 is 0. The summed E-state index contributed by atoms with van der Waals surface area (Å²) in [5.74, 6) is -2.28. The average Bonchev–Trinajstić information content (AvgIpc) is 3.25. The van der Waals surface area contributed by atoms with Gasteiger partial charge in [-0.1, -0.05) is 32.4 Å². The van der Waals surface area contributed by atoms with E-state index in [9.17, 15) is 33.9 Å². The van der Waals surface area contributed by atoms with Crippen LogP contribution in [-0.4, -0.2) is 70.7 Å². The molecule has 0 fully saturated rings. The summed E-state index contributed by atoms with van der Waals surface area (Å²) in [6, 6.07) is 4.03. The zero-order chi connectivity index (χ0) is 30.4. The Morgan fingerprint density at radius 2 is 1.56 bits per heavy atom. The maximum atomic E-state index is 13.2. The van der Waals surface area contributed by atoms with Crippen LogP contribution in [0.1, 0.15) is 57.9 Å². The van der Waals surface area contributed by atoms with Crippen molar-refractivity contribution in [3.8, 4) is 0 Å². The quantitative estimate of drug-likeness (QED) is 0.116. The minimum atomic E-state index is -0.960. The van der Waals surface area contributed by atoms with E-state index in [-0.39, 0.29) is 56.2 Å². The SMILES string of the molecule is CC(C)C(NC(=O)CCCCCN1C(=O)C=CC1=O)C(=O)NC(CCCNC(N)=O)C(=O)Nc1ccc(CO)cc1. The predicted molar refractivity (Wildman–Crippen MR) is 151 cm³/mol. The van der Waals surface area contributed by atoms with Gasteiger partial charge in [0.25, 0.3) is 11.8 Å². The van der Waals surface area contributed by atoms with Crippen molar-refractivity contribution in [1.29, 1.82) is 0 Å². The summed E-state index contributed by atoms with van der Waals surface area (Å²) in [7, 11) is 0. The molecule has 1 aliphatic heterocycles. The molecule has 1 aliphatic rings. The molecule has 2 rings (SSSR count). The number of nitrogens with two attached hydrogens (primary N) is 1. The van der Waals surface area contributed by atoms with Gasteiger partial charge in [-0.15, -0.1) is 0 Å². The first-order chi connectivity index (χ1) is 19.5. The summed E-state index contributed by atoms with van der Waals surface area (Å²) >= 11 is 0. The number of aliphatic hydroxyl groups is 1. The number of urea groups is 1. The molecule has 7 amide bonds. The molecular formula is C28H40N6O7. The van der Waals surface area contributed by atoms with E-state index in [1.54, 1.807) is 38.1 Å². The number of anilines is 1. The van der Waals surface area contributed by atoms with Gasteiger partial charge in [-0.25, -0.2) is 4.79 Å². The molecule has 0 bridgehead atoms. The lowest BCUT2D eigenvalue weighted by Crippen LogP contribution is -2.54. The van der Waals surface area contributed by atoms with Crippen molar-refractivity contribution in [2.24, 2.45) is 11.7 Å². The number of nitrogens with zero attached hydrogens (tertiary/aromatic N) is 1. The van der Waals surface area contributed by atoms with Gasteiger partial charge >= 0.3 is 6.03 Å².